The molecule has 0 atom stereocenters. The summed E-state index contributed by atoms with van der Waals surface area (Å²) in [7, 11) is 1.74. The molecule has 1 aromatic rings. The van der Waals surface area contributed by atoms with Gasteiger partial charge in [-0.15, -0.1) is 0 Å². The number of nitrogens with zero attached hydrogens (tertiary/aromatic N) is 1. The molecule has 2 heteroatoms. The van der Waals surface area contributed by atoms with E-state index in [9.17, 15) is 0 Å². The first-order chi connectivity index (χ1) is 12.2. The molecule has 1 rings (SSSR count). The second kappa shape index (κ2) is 13.4. The fourth-order valence-electron chi connectivity index (χ4n) is 2.64. The van der Waals surface area contributed by atoms with E-state index >= 15 is 0 Å². The van der Waals surface area contributed by atoms with Gasteiger partial charge >= 0.3 is 0 Å². The topological polar surface area (TPSA) is 21.6 Å². The third-order valence-corrected chi connectivity index (χ3v) is 3.99. The number of hydrogen-bond donors (Lipinski definition) is 0. The largest absolute Gasteiger partial charge is 0.384 e. The predicted octanol–water partition coefficient (Wildman–Crippen LogP) is 5.96. The summed E-state index contributed by atoms with van der Waals surface area (Å²) in [6.45, 7) is 9.94. The van der Waals surface area contributed by atoms with E-state index in [0.717, 1.165) is 51.0 Å². The molecule has 0 saturated heterocycles. The van der Waals surface area contributed by atoms with E-state index in [1.165, 1.54) is 16.7 Å². The van der Waals surface area contributed by atoms with Crippen molar-refractivity contribution in [2.45, 2.75) is 46.0 Å². The van der Waals surface area contributed by atoms with Crippen LogP contribution in [0.2, 0.25) is 0 Å². The van der Waals surface area contributed by atoms with E-state index in [4.69, 9.17) is 9.73 Å². The van der Waals surface area contributed by atoms with E-state index in [2.05, 4.69) is 62.9 Å². The molecule has 1 aromatic carbocycles. The molecule has 0 aliphatic carbocycles. The number of aliphatic imine (C=N–C) groups is 1. The summed E-state index contributed by atoms with van der Waals surface area (Å²) < 4.78 is 5.03. The van der Waals surface area contributed by atoms with Gasteiger partial charge in [-0.2, -0.15) is 0 Å². The van der Waals surface area contributed by atoms with Crippen LogP contribution in [0.5, 0.6) is 0 Å². The van der Waals surface area contributed by atoms with Crippen molar-refractivity contribution in [3.05, 3.63) is 65.8 Å². The van der Waals surface area contributed by atoms with E-state index < -0.39 is 0 Å². The van der Waals surface area contributed by atoms with Gasteiger partial charge in [0.1, 0.15) is 0 Å². The molecule has 0 unspecified atom stereocenters. The van der Waals surface area contributed by atoms with Crippen LogP contribution in [0, 0.1) is 6.92 Å². The minimum absolute atomic E-state index is 0.794. The molecule has 0 fully saturated rings. The second-order valence-electron chi connectivity index (χ2n) is 6.13. The Bertz CT molecular complexity index is 596. The standard InChI is InChI=1S/C23H33NO/c1-5-17-24-22(16-11-9-7-8-10-12-18-25-4)19-21-15-13-14-20(3)23(21)6-2/h6,8,10-11,13-16H,2,5,7,9,12,17-19H2,1,3-4H3/b10-8+,16-11+,24-22?. The van der Waals surface area contributed by atoms with Gasteiger partial charge in [-0.1, -0.05) is 56.0 Å². The lowest BCUT2D eigenvalue weighted by Crippen LogP contribution is -2.03. The third kappa shape index (κ3) is 8.64. The van der Waals surface area contributed by atoms with Gasteiger partial charge in [-0.3, -0.25) is 4.99 Å². The maximum absolute atomic E-state index is 5.03. The zero-order valence-electron chi connectivity index (χ0n) is 16.1. The number of benzene rings is 1. The van der Waals surface area contributed by atoms with Gasteiger partial charge in [0.15, 0.2) is 0 Å². The number of hydrogen-bond acceptors (Lipinski definition) is 2. The molecule has 0 spiro atoms. The quantitative estimate of drug-likeness (QED) is 0.261. The molecule has 0 aliphatic heterocycles. The molecule has 0 radical (unpaired) electrons. The van der Waals surface area contributed by atoms with E-state index in [0.29, 0.717) is 0 Å². The van der Waals surface area contributed by atoms with Crippen molar-refractivity contribution in [2.24, 2.45) is 4.99 Å². The molecular formula is C23H33NO. The predicted molar refractivity (Wildman–Crippen MR) is 112 cm³/mol. The van der Waals surface area contributed by atoms with Crippen molar-refractivity contribution in [3.63, 3.8) is 0 Å². The Labute approximate surface area is 154 Å². The Kier molecular flexibility index (Phi) is 11.3. The Morgan fingerprint density at radius 2 is 1.92 bits per heavy atom. The molecule has 0 aliphatic rings. The molecule has 0 N–H and O–H groups in total. The number of methoxy groups -OCH3 is 1. The summed E-state index contributed by atoms with van der Waals surface area (Å²) in [4.78, 5) is 4.76. The van der Waals surface area contributed by atoms with Gasteiger partial charge in [0.25, 0.3) is 0 Å². The Hall–Kier alpha value is -1.93. The second-order valence-corrected chi connectivity index (χ2v) is 6.13. The zero-order chi connectivity index (χ0) is 18.3. The first-order valence-corrected chi connectivity index (χ1v) is 9.27. The van der Waals surface area contributed by atoms with Gasteiger partial charge in [-0.25, -0.2) is 0 Å². The van der Waals surface area contributed by atoms with Crippen molar-refractivity contribution in [1.29, 1.82) is 0 Å². The van der Waals surface area contributed by atoms with Gasteiger partial charge in [-0.05, 0) is 55.4 Å². The lowest BCUT2D eigenvalue weighted by Gasteiger charge is -2.09. The molecule has 0 saturated carbocycles. The van der Waals surface area contributed by atoms with Gasteiger partial charge in [0.2, 0.25) is 0 Å². The fraction of sp³-hybridized carbons (Fsp3) is 0.435. The first kappa shape index (κ1) is 21.1. The molecule has 136 valence electrons. The van der Waals surface area contributed by atoms with Crippen molar-refractivity contribution in [3.8, 4) is 0 Å². The van der Waals surface area contributed by atoms with Crippen molar-refractivity contribution in [1.82, 2.24) is 0 Å². The van der Waals surface area contributed by atoms with E-state index in [1.54, 1.807) is 7.11 Å². The SMILES string of the molecule is C=Cc1c(C)cccc1CC(/C=C/CC/C=C/CCOC)=NCCC. The van der Waals surface area contributed by atoms with Crippen molar-refractivity contribution < 1.29 is 4.74 Å². The zero-order valence-corrected chi connectivity index (χ0v) is 16.1. The van der Waals surface area contributed by atoms with Crippen LogP contribution >= 0.6 is 0 Å². The van der Waals surface area contributed by atoms with Crippen LogP contribution in [0.15, 0.2) is 54.1 Å². The highest BCUT2D eigenvalue weighted by atomic mass is 16.5. The number of aryl methyl sites for hydroxylation is 1. The minimum atomic E-state index is 0.794. The monoisotopic (exact) mass is 339 g/mol. The normalized spacial score (nSPS) is 12.4. The van der Waals surface area contributed by atoms with Crippen LogP contribution in [0.3, 0.4) is 0 Å². The third-order valence-electron chi connectivity index (χ3n) is 3.99. The lowest BCUT2D eigenvalue weighted by molar-refractivity contribution is 0.204. The summed E-state index contributed by atoms with van der Waals surface area (Å²) in [6, 6.07) is 6.43. The number of ether oxygens (including phenoxy) is 1. The Morgan fingerprint density at radius 3 is 2.64 bits per heavy atom. The highest BCUT2D eigenvalue weighted by Gasteiger charge is 2.04. The number of allylic oxidation sites excluding steroid dienone is 3. The highest BCUT2D eigenvalue weighted by molar-refractivity contribution is 5.97. The average Bonchev–Trinajstić information content (AvgIpc) is 2.61. The fourth-order valence-corrected chi connectivity index (χ4v) is 2.64. The lowest BCUT2D eigenvalue weighted by atomic mass is 9.97. The van der Waals surface area contributed by atoms with Crippen molar-refractivity contribution in [2.75, 3.05) is 20.3 Å². The van der Waals surface area contributed by atoms with Crippen molar-refractivity contribution >= 4 is 11.8 Å². The Morgan fingerprint density at radius 1 is 1.16 bits per heavy atom. The maximum Gasteiger partial charge on any atom is 0.0496 e. The number of unbranched alkanes of at least 4 members (excludes halogenated alkanes) is 1. The molecule has 0 bridgehead atoms. The highest BCUT2D eigenvalue weighted by Crippen LogP contribution is 2.17. The van der Waals surface area contributed by atoms with Crippen LogP contribution in [0.1, 0.15) is 49.3 Å². The molecule has 0 aromatic heterocycles. The van der Waals surface area contributed by atoms with Gasteiger partial charge in [0.05, 0.1) is 0 Å². The van der Waals surface area contributed by atoms with E-state index in [-0.39, 0.29) is 0 Å². The van der Waals surface area contributed by atoms with Crippen LogP contribution in [0.25, 0.3) is 6.08 Å². The summed E-state index contributed by atoms with van der Waals surface area (Å²) in [5, 5.41) is 0. The number of rotatable bonds is 12. The first-order valence-electron chi connectivity index (χ1n) is 9.27. The summed E-state index contributed by atoms with van der Waals surface area (Å²) >= 11 is 0. The maximum atomic E-state index is 5.03. The average molecular weight is 340 g/mol. The van der Waals surface area contributed by atoms with Crippen LogP contribution < -0.4 is 0 Å². The molecule has 25 heavy (non-hydrogen) atoms. The smallest absolute Gasteiger partial charge is 0.0496 e. The minimum Gasteiger partial charge on any atom is -0.384 e. The van der Waals surface area contributed by atoms with Gasteiger partial charge < -0.3 is 4.74 Å². The van der Waals surface area contributed by atoms with Crippen LogP contribution in [-0.4, -0.2) is 26.0 Å². The van der Waals surface area contributed by atoms with E-state index in [1.807, 2.05) is 6.08 Å². The molecular weight excluding hydrogens is 306 g/mol. The van der Waals surface area contributed by atoms with Crippen LogP contribution in [0.4, 0.5) is 0 Å². The molecule has 2 nitrogen and oxygen atoms in total. The Balaban J connectivity index is 2.66. The van der Waals surface area contributed by atoms with Crippen LogP contribution in [-0.2, 0) is 11.2 Å². The summed E-state index contributed by atoms with van der Waals surface area (Å²) in [5.41, 5.74) is 4.96. The molecule has 0 amide bonds. The molecule has 0 heterocycles. The summed E-state index contributed by atoms with van der Waals surface area (Å²) in [5.74, 6) is 0. The summed E-state index contributed by atoms with van der Waals surface area (Å²) in [6.07, 6.45) is 15.8. The van der Waals surface area contributed by atoms with Gasteiger partial charge in [0, 0.05) is 32.4 Å².